The monoisotopic (exact) mass is 259 g/mol. The summed E-state index contributed by atoms with van der Waals surface area (Å²) in [6.45, 7) is 4.60. The van der Waals surface area contributed by atoms with Crippen molar-refractivity contribution >= 4 is 17.9 Å². The summed E-state index contributed by atoms with van der Waals surface area (Å²) in [6, 6.07) is 8.29. The molecule has 5 nitrogen and oxygen atoms in total. The Morgan fingerprint density at radius 1 is 1.21 bits per heavy atom. The van der Waals surface area contributed by atoms with Crippen LogP contribution in [0.25, 0.3) is 0 Å². The van der Waals surface area contributed by atoms with E-state index in [4.69, 9.17) is 11.5 Å². The third kappa shape index (κ3) is 3.98. The molecule has 0 atom stereocenters. The first-order valence-electron chi connectivity index (χ1n) is 6.62. The van der Waals surface area contributed by atoms with Gasteiger partial charge in [-0.05, 0) is 36.5 Å². The zero-order valence-corrected chi connectivity index (χ0v) is 11.3. The Morgan fingerprint density at radius 2 is 1.84 bits per heavy atom. The maximum Gasteiger partial charge on any atom is 0.211 e. The van der Waals surface area contributed by atoms with Crippen molar-refractivity contribution in [2.24, 2.45) is 27.6 Å². The number of hydrogen-bond donors (Lipinski definition) is 2. The van der Waals surface area contributed by atoms with Gasteiger partial charge in [-0.15, -0.1) is 5.10 Å². The molecule has 0 aliphatic carbocycles. The van der Waals surface area contributed by atoms with E-state index in [1.54, 1.807) is 6.21 Å². The summed E-state index contributed by atoms with van der Waals surface area (Å²) < 4.78 is 0. The molecule has 1 heterocycles. The first kappa shape index (κ1) is 13.4. The first-order valence-corrected chi connectivity index (χ1v) is 6.62. The van der Waals surface area contributed by atoms with Crippen molar-refractivity contribution in [2.75, 3.05) is 18.0 Å². The van der Waals surface area contributed by atoms with Crippen LogP contribution in [0.3, 0.4) is 0 Å². The van der Waals surface area contributed by atoms with Gasteiger partial charge in [0.15, 0.2) is 0 Å². The summed E-state index contributed by atoms with van der Waals surface area (Å²) >= 11 is 0. The van der Waals surface area contributed by atoms with Gasteiger partial charge in [-0.3, -0.25) is 0 Å². The molecule has 1 saturated heterocycles. The predicted octanol–water partition coefficient (Wildman–Crippen LogP) is 1.53. The Kier molecular flexibility index (Phi) is 4.39. The number of nitrogens with zero attached hydrogens (tertiary/aromatic N) is 3. The molecule has 1 aliphatic heterocycles. The van der Waals surface area contributed by atoms with Gasteiger partial charge in [0.05, 0.1) is 6.21 Å². The fraction of sp³-hybridized carbons (Fsp3) is 0.429. The fourth-order valence-corrected chi connectivity index (χ4v) is 2.20. The van der Waals surface area contributed by atoms with Crippen LogP contribution >= 0.6 is 0 Å². The van der Waals surface area contributed by atoms with Crippen LogP contribution in [0, 0.1) is 5.92 Å². The second-order valence-corrected chi connectivity index (χ2v) is 5.03. The van der Waals surface area contributed by atoms with Crippen LogP contribution in [0.5, 0.6) is 0 Å². The van der Waals surface area contributed by atoms with E-state index < -0.39 is 0 Å². The van der Waals surface area contributed by atoms with Gasteiger partial charge >= 0.3 is 0 Å². The molecular formula is C14H21N5. The zero-order valence-electron chi connectivity index (χ0n) is 11.3. The molecule has 1 fully saturated rings. The van der Waals surface area contributed by atoms with Crippen molar-refractivity contribution in [1.82, 2.24) is 0 Å². The highest BCUT2D eigenvalue weighted by atomic mass is 15.3. The van der Waals surface area contributed by atoms with E-state index >= 15 is 0 Å². The molecule has 102 valence electrons. The topological polar surface area (TPSA) is 80.0 Å². The highest BCUT2D eigenvalue weighted by Gasteiger charge is 2.15. The summed E-state index contributed by atoms with van der Waals surface area (Å²) in [6.07, 6.45) is 4.18. The largest absolute Gasteiger partial charge is 0.372 e. The second kappa shape index (κ2) is 6.22. The standard InChI is InChI=1S/C14H21N5/c1-11-6-8-19(9-7-11)13-4-2-12(3-5-13)10-17-18-14(15)16/h2-5,10-11H,6-9H2,1H3,(H4,15,16,18). The number of anilines is 1. The molecule has 0 unspecified atom stereocenters. The van der Waals surface area contributed by atoms with Crippen LogP contribution in [0.2, 0.25) is 0 Å². The zero-order chi connectivity index (χ0) is 13.7. The van der Waals surface area contributed by atoms with Crippen molar-refractivity contribution in [3.8, 4) is 0 Å². The average Bonchev–Trinajstić information content (AvgIpc) is 2.40. The molecule has 2 rings (SSSR count). The molecule has 19 heavy (non-hydrogen) atoms. The van der Waals surface area contributed by atoms with E-state index in [1.807, 2.05) is 12.1 Å². The van der Waals surface area contributed by atoms with Crippen LogP contribution in [-0.4, -0.2) is 25.3 Å². The van der Waals surface area contributed by atoms with Gasteiger partial charge in [-0.2, -0.15) is 5.10 Å². The number of hydrogen-bond acceptors (Lipinski definition) is 3. The molecule has 0 amide bonds. The molecule has 1 aromatic carbocycles. The highest BCUT2D eigenvalue weighted by Crippen LogP contribution is 2.22. The third-order valence-electron chi connectivity index (χ3n) is 3.42. The number of piperidine rings is 1. The molecule has 1 aliphatic rings. The Labute approximate surface area is 114 Å². The lowest BCUT2D eigenvalue weighted by Crippen LogP contribution is -2.32. The van der Waals surface area contributed by atoms with Crippen molar-refractivity contribution < 1.29 is 0 Å². The summed E-state index contributed by atoms with van der Waals surface area (Å²) in [5.74, 6) is 0.817. The maximum atomic E-state index is 5.20. The maximum absolute atomic E-state index is 5.20. The Hall–Kier alpha value is -2.04. The Morgan fingerprint density at radius 3 is 2.42 bits per heavy atom. The second-order valence-electron chi connectivity index (χ2n) is 5.03. The molecule has 0 aromatic heterocycles. The van der Waals surface area contributed by atoms with Gasteiger partial charge in [-0.25, -0.2) is 0 Å². The Balaban J connectivity index is 1.98. The predicted molar refractivity (Wildman–Crippen MR) is 80.5 cm³/mol. The summed E-state index contributed by atoms with van der Waals surface area (Å²) in [5.41, 5.74) is 12.6. The lowest BCUT2D eigenvalue weighted by molar-refractivity contribution is 0.438. The quantitative estimate of drug-likeness (QED) is 0.491. The van der Waals surface area contributed by atoms with Crippen LogP contribution in [0.1, 0.15) is 25.3 Å². The van der Waals surface area contributed by atoms with Crippen molar-refractivity contribution in [3.05, 3.63) is 29.8 Å². The van der Waals surface area contributed by atoms with Gasteiger partial charge in [0.25, 0.3) is 0 Å². The number of nitrogens with two attached hydrogens (primary N) is 2. The lowest BCUT2D eigenvalue weighted by atomic mass is 9.99. The third-order valence-corrected chi connectivity index (χ3v) is 3.42. The summed E-state index contributed by atoms with van der Waals surface area (Å²) in [4.78, 5) is 2.43. The number of rotatable bonds is 3. The van der Waals surface area contributed by atoms with Crippen molar-refractivity contribution in [2.45, 2.75) is 19.8 Å². The van der Waals surface area contributed by atoms with E-state index in [0.717, 1.165) is 24.6 Å². The summed E-state index contributed by atoms with van der Waals surface area (Å²) in [5, 5.41) is 7.36. The summed E-state index contributed by atoms with van der Waals surface area (Å²) in [7, 11) is 0. The highest BCUT2D eigenvalue weighted by molar-refractivity contribution is 5.82. The van der Waals surface area contributed by atoms with Crippen molar-refractivity contribution in [3.63, 3.8) is 0 Å². The minimum Gasteiger partial charge on any atom is -0.372 e. The van der Waals surface area contributed by atoms with E-state index in [2.05, 4.69) is 34.2 Å². The van der Waals surface area contributed by atoms with E-state index in [0.29, 0.717) is 0 Å². The van der Waals surface area contributed by atoms with Crippen LogP contribution in [-0.2, 0) is 0 Å². The molecule has 5 heteroatoms. The fourth-order valence-electron chi connectivity index (χ4n) is 2.20. The van der Waals surface area contributed by atoms with Gasteiger partial charge in [0, 0.05) is 18.8 Å². The number of benzene rings is 1. The molecule has 0 spiro atoms. The van der Waals surface area contributed by atoms with Gasteiger partial charge < -0.3 is 16.4 Å². The van der Waals surface area contributed by atoms with Gasteiger partial charge in [0.1, 0.15) is 0 Å². The first-order chi connectivity index (χ1) is 9.15. The molecule has 4 N–H and O–H groups in total. The molecular weight excluding hydrogens is 238 g/mol. The minimum absolute atomic E-state index is 0.0321. The minimum atomic E-state index is -0.0321. The Bertz CT molecular complexity index is 451. The smallest absolute Gasteiger partial charge is 0.211 e. The lowest BCUT2D eigenvalue weighted by Gasteiger charge is -2.32. The van der Waals surface area contributed by atoms with Crippen LogP contribution < -0.4 is 16.4 Å². The van der Waals surface area contributed by atoms with Crippen LogP contribution in [0.4, 0.5) is 5.69 Å². The average molecular weight is 259 g/mol. The molecule has 0 saturated carbocycles. The number of guanidine groups is 1. The SMILES string of the molecule is CC1CCN(c2ccc(C=NN=C(N)N)cc2)CC1. The van der Waals surface area contributed by atoms with Crippen LogP contribution in [0.15, 0.2) is 34.5 Å². The van der Waals surface area contributed by atoms with E-state index in [1.165, 1.54) is 18.5 Å². The molecule has 0 radical (unpaired) electrons. The van der Waals surface area contributed by atoms with E-state index in [-0.39, 0.29) is 5.96 Å². The molecule has 1 aromatic rings. The molecule has 0 bridgehead atoms. The van der Waals surface area contributed by atoms with Gasteiger partial charge in [-0.1, -0.05) is 19.1 Å². The van der Waals surface area contributed by atoms with Crippen molar-refractivity contribution in [1.29, 1.82) is 0 Å². The van der Waals surface area contributed by atoms with Gasteiger partial charge in [0.2, 0.25) is 5.96 Å². The normalized spacial score (nSPS) is 16.8. The van der Waals surface area contributed by atoms with E-state index in [9.17, 15) is 0 Å².